The number of anilines is 1. The molecule has 4 atom stereocenters. The maximum absolute atomic E-state index is 12.3. The predicted octanol–water partition coefficient (Wildman–Crippen LogP) is -1.65. The lowest BCUT2D eigenvalue weighted by atomic mass is 10.1. The Hall–Kier alpha value is -3.64. The van der Waals surface area contributed by atoms with Crippen LogP contribution in [0.4, 0.5) is 5.82 Å². The zero-order valence-corrected chi connectivity index (χ0v) is 18.4. The van der Waals surface area contributed by atoms with E-state index in [1.165, 1.54) is 22.8 Å². The number of hydrogen-bond donors (Lipinski definition) is 4. The lowest BCUT2D eigenvalue weighted by Crippen LogP contribution is -2.41. The van der Waals surface area contributed by atoms with Crippen LogP contribution in [0.1, 0.15) is 21.7 Å². The predicted molar refractivity (Wildman–Crippen MR) is 116 cm³/mol. The van der Waals surface area contributed by atoms with E-state index < -0.39 is 30.4 Å². The van der Waals surface area contributed by atoms with Gasteiger partial charge in [0.25, 0.3) is 11.8 Å². The summed E-state index contributed by atoms with van der Waals surface area (Å²) in [5.41, 5.74) is 6.44. The van der Waals surface area contributed by atoms with Gasteiger partial charge in [-0.2, -0.15) is 0 Å². The van der Waals surface area contributed by atoms with E-state index in [1.54, 1.807) is 19.3 Å². The van der Waals surface area contributed by atoms with E-state index >= 15 is 0 Å². The van der Waals surface area contributed by atoms with E-state index in [4.69, 9.17) is 10.5 Å². The minimum atomic E-state index is -1.45. The van der Waals surface area contributed by atoms with Gasteiger partial charge in [0, 0.05) is 20.3 Å². The molecule has 0 spiro atoms. The first kappa shape index (κ1) is 22.6. The zero-order valence-electron chi connectivity index (χ0n) is 17.5. The maximum Gasteiger partial charge on any atom is 0.266 e. The number of carbonyl (C=O) groups is 2. The average Bonchev–Trinajstić information content (AvgIpc) is 3.54. The summed E-state index contributed by atoms with van der Waals surface area (Å²) in [6.45, 7) is 0.113. The van der Waals surface area contributed by atoms with Crippen molar-refractivity contribution in [2.45, 2.75) is 24.5 Å². The highest BCUT2D eigenvalue weighted by atomic mass is 32.1. The van der Waals surface area contributed by atoms with E-state index in [0.717, 1.165) is 11.5 Å². The summed E-state index contributed by atoms with van der Waals surface area (Å²) in [7, 11) is 3.00. The first-order valence-corrected chi connectivity index (χ1v) is 10.5. The van der Waals surface area contributed by atoms with Crippen molar-refractivity contribution in [3.8, 4) is 11.8 Å². The summed E-state index contributed by atoms with van der Waals surface area (Å²) in [5.74, 6) is 4.90. The second-order valence-corrected chi connectivity index (χ2v) is 7.97. The SMILES string of the molecule is CNC(=O)[C@H]1O[C@@H](n2cnc3c(N)nc(C#CCN(C)C(=O)c4ccns4)nc32)[C@H](O)[C@H]1O. The normalized spacial score (nSPS) is 22.1. The van der Waals surface area contributed by atoms with Gasteiger partial charge in [-0.3, -0.25) is 14.2 Å². The van der Waals surface area contributed by atoms with Gasteiger partial charge in [-0.1, -0.05) is 5.92 Å². The van der Waals surface area contributed by atoms with Crippen molar-refractivity contribution in [2.75, 3.05) is 26.4 Å². The highest BCUT2D eigenvalue weighted by Gasteiger charge is 2.47. The maximum atomic E-state index is 12.3. The van der Waals surface area contributed by atoms with Crippen LogP contribution in [0.25, 0.3) is 11.2 Å². The Bertz CT molecular complexity index is 1250. The number of fused-ring (bicyclic) bond motifs is 1. The van der Waals surface area contributed by atoms with Crippen molar-refractivity contribution in [3.63, 3.8) is 0 Å². The number of aliphatic hydroxyl groups is 2. The summed E-state index contributed by atoms with van der Waals surface area (Å²) < 4.78 is 10.8. The Morgan fingerprint density at radius 1 is 1.36 bits per heavy atom. The molecular weight excluding hydrogens is 452 g/mol. The van der Waals surface area contributed by atoms with Gasteiger partial charge in [0.05, 0.1) is 12.9 Å². The zero-order chi connectivity index (χ0) is 23.7. The lowest BCUT2D eigenvalue weighted by Gasteiger charge is -2.16. The molecule has 3 aromatic rings. The van der Waals surface area contributed by atoms with Crippen LogP contribution in [0, 0.1) is 11.8 Å². The van der Waals surface area contributed by atoms with E-state index in [2.05, 4.69) is 36.5 Å². The number of hydrogen-bond acceptors (Lipinski definition) is 11. The number of aromatic nitrogens is 5. The number of nitrogen functional groups attached to an aromatic ring is 1. The van der Waals surface area contributed by atoms with Crippen LogP contribution < -0.4 is 11.1 Å². The van der Waals surface area contributed by atoms with Crippen molar-refractivity contribution in [1.82, 2.24) is 34.1 Å². The summed E-state index contributed by atoms with van der Waals surface area (Å²) in [4.78, 5) is 38.7. The lowest BCUT2D eigenvalue weighted by molar-refractivity contribution is -0.137. The largest absolute Gasteiger partial charge is 0.387 e. The molecule has 0 aromatic carbocycles. The third kappa shape index (κ3) is 4.22. The quantitative estimate of drug-likeness (QED) is 0.321. The van der Waals surface area contributed by atoms with Crippen LogP contribution in [0.2, 0.25) is 0 Å². The highest BCUT2D eigenvalue weighted by Crippen LogP contribution is 2.32. The molecule has 1 aliphatic rings. The third-order valence-corrected chi connectivity index (χ3v) is 5.71. The molecule has 0 unspecified atom stereocenters. The second-order valence-electron chi connectivity index (χ2n) is 7.14. The topological polar surface area (TPSA) is 182 Å². The number of rotatable bonds is 4. The number of nitrogens with two attached hydrogens (primary N) is 1. The molecule has 0 aliphatic carbocycles. The van der Waals surface area contributed by atoms with Crippen LogP contribution in [0.3, 0.4) is 0 Å². The summed E-state index contributed by atoms with van der Waals surface area (Å²) in [6.07, 6.45) is -2.39. The molecule has 1 aliphatic heterocycles. The smallest absolute Gasteiger partial charge is 0.266 e. The Balaban J connectivity index is 1.58. The molecule has 33 heavy (non-hydrogen) atoms. The number of amides is 2. The van der Waals surface area contributed by atoms with Gasteiger partial charge in [0.15, 0.2) is 23.8 Å². The molecule has 14 heteroatoms. The minimum absolute atomic E-state index is 0.0491. The molecule has 4 rings (SSSR count). The Labute approximate surface area is 191 Å². The molecule has 3 aromatic heterocycles. The summed E-state index contributed by atoms with van der Waals surface area (Å²) >= 11 is 1.10. The Morgan fingerprint density at radius 2 is 2.15 bits per heavy atom. The Morgan fingerprint density at radius 3 is 2.85 bits per heavy atom. The van der Waals surface area contributed by atoms with E-state index in [9.17, 15) is 19.8 Å². The number of nitrogens with zero attached hydrogens (tertiary/aromatic N) is 6. The molecule has 1 saturated heterocycles. The number of aliphatic hydroxyl groups excluding tert-OH is 2. The van der Waals surface area contributed by atoms with Crippen molar-refractivity contribution in [3.05, 3.63) is 29.3 Å². The van der Waals surface area contributed by atoms with Gasteiger partial charge in [-0.05, 0) is 23.5 Å². The van der Waals surface area contributed by atoms with E-state index in [0.29, 0.717) is 4.88 Å². The highest BCUT2D eigenvalue weighted by molar-refractivity contribution is 7.08. The van der Waals surface area contributed by atoms with Gasteiger partial charge < -0.3 is 30.9 Å². The van der Waals surface area contributed by atoms with Crippen LogP contribution in [-0.2, 0) is 9.53 Å². The van der Waals surface area contributed by atoms with Crippen molar-refractivity contribution < 1.29 is 24.5 Å². The van der Waals surface area contributed by atoms with Crippen molar-refractivity contribution in [2.24, 2.45) is 0 Å². The first-order chi connectivity index (χ1) is 15.8. The van der Waals surface area contributed by atoms with Crippen LogP contribution in [-0.4, -0.2) is 89.8 Å². The minimum Gasteiger partial charge on any atom is -0.387 e. The summed E-state index contributed by atoms with van der Waals surface area (Å²) in [6, 6.07) is 1.63. The number of imidazole rings is 1. The van der Waals surface area contributed by atoms with Gasteiger partial charge in [0.1, 0.15) is 22.6 Å². The molecule has 5 N–H and O–H groups in total. The summed E-state index contributed by atoms with van der Waals surface area (Å²) in [5, 5.41) is 23.0. The van der Waals surface area contributed by atoms with Crippen molar-refractivity contribution in [1.29, 1.82) is 0 Å². The molecule has 1 fully saturated rings. The van der Waals surface area contributed by atoms with E-state index in [-0.39, 0.29) is 35.3 Å². The fourth-order valence-corrected chi connectivity index (χ4v) is 3.84. The van der Waals surface area contributed by atoms with Gasteiger partial charge in [-0.25, -0.2) is 19.3 Å². The fourth-order valence-electron chi connectivity index (χ4n) is 3.25. The number of carbonyl (C=O) groups excluding carboxylic acids is 2. The van der Waals surface area contributed by atoms with Crippen LogP contribution >= 0.6 is 11.5 Å². The number of ether oxygens (including phenoxy) is 1. The third-order valence-electron chi connectivity index (χ3n) is 4.98. The van der Waals surface area contributed by atoms with Crippen LogP contribution in [0.15, 0.2) is 18.6 Å². The molecular formula is C19H20N8O5S. The first-order valence-electron chi connectivity index (χ1n) is 9.70. The molecule has 4 heterocycles. The molecule has 13 nitrogen and oxygen atoms in total. The van der Waals surface area contributed by atoms with Crippen LogP contribution in [0.5, 0.6) is 0 Å². The van der Waals surface area contributed by atoms with Gasteiger partial charge in [0.2, 0.25) is 5.82 Å². The standard InChI is InChI=1S/C19H20N8O5S/c1-21-17(30)14-12(28)13(29)19(32-14)27-8-22-11-15(20)24-10(25-16(11)27)4-3-7-26(2)18(31)9-5-6-23-33-9/h5-6,8,12-14,19,28-29H,7H2,1-2H3,(H,21,30)(H2,20,24,25)/t12-,13-,14+,19-/m1/s1. The van der Waals surface area contributed by atoms with E-state index in [1.807, 2.05) is 0 Å². The number of nitrogens with one attached hydrogen (secondary N) is 1. The average molecular weight is 472 g/mol. The molecule has 2 amide bonds. The van der Waals surface area contributed by atoms with Crippen molar-refractivity contribution >= 4 is 40.3 Å². The molecule has 0 radical (unpaired) electrons. The molecule has 172 valence electrons. The second kappa shape index (κ2) is 9.08. The monoisotopic (exact) mass is 472 g/mol. The fraction of sp³-hybridized carbons (Fsp3) is 0.368. The van der Waals surface area contributed by atoms with Gasteiger partial charge >= 0.3 is 0 Å². The molecule has 0 bridgehead atoms. The Kier molecular flexibility index (Phi) is 6.20. The molecule has 0 saturated carbocycles. The van der Waals surface area contributed by atoms with Gasteiger partial charge in [-0.15, -0.1) is 0 Å². The number of likely N-dealkylation sites (N-methyl/N-ethyl adjacent to an activating group) is 1.